The molecule has 1 N–H and O–H groups in total. The van der Waals surface area contributed by atoms with E-state index in [2.05, 4.69) is 17.6 Å². The Morgan fingerprint density at radius 2 is 2.07 bits per heavy atom. The number of hydrogen-bond donors (Lipinski definition) is 1. The van der Waals surface area contributed by atoms with Crippen LogP contribution in [0, 0.1) is 0 Å². The van der Waals surface area contributed by atoms with Gasteiger partial charge in [0, 0.05) is 12.6 Å². The Morgan fingerprint density at radius 1 is 1.21 bits per heavy atom. The van der Waals surface area contributed by atoms with Crippen LogP contribution in [0.4, 0.5) is 0 Å². The number of nitrogens with one attached hydrogen (secondary N) is 1. The van der Waals surface area contributed by atoms with Gasteiger partial charge in [-0.1, -0.05) is 19.8 Å². The van der Waals surface area contributed by atoms with Crippen LogP contribution in [0.2, 0.25) is 0 Å². The fourth-order valence-corrected chi connectivity index (χ4v) is 1.98. The number of hydrogen-bond acceptors (Lipinski definition) is 1. The Labute approximate surface area is 88.8 Å². The normalized spacial score (nSPS) is 21.6. The van der Waals surface area contributed by atoms with Crippen molar-refractivity contribution >= 4 is 0 Å². The van der Waals surface area contributed by atoms with Gasteiger partial charge in [0.2, 0.25) is 0 Å². The average Bonchev–Trinajstić information content (AvgIpc) is 2.69. The summed E-state index contributed by atoms with van der Waals surface area (Å²) in [4.78, 5) is 0. The minimum absolute atomic E-state index is 0.714. The maximum Gasteiger partial charge on any atom is 0.0246 e. The quantitative estimate of drug-likeness (QED) is 0.594. The van der Waals surface area contributed by atoms with Crippen LogP contribution in [-0.2, 0) is 0 Å². The van der Waals surface area contributed by atoms with Crippen LogP contribution in [0.1, 0.15) is 51.9 Å². The molecule has 1 aliphatic heterocycles. The van der Waals surface area contributed by atoms with Gasteiger partial charge >= 0.3 is 0 Å². The first kappa shape index (κ1) is 12.0. The average molecular weight is 197 g/mol. The number of unbranched alkanes of at least 4 members (excludes halogenated alkanes) is 2. The highest BCUT2D eigenvalue weighted by Crippen LogP contribution is 2.13. The van der Waals surface area contributed by atoms with E-state index in [1.54, 1.807) is 0 Å². The molecule has 0 bridgehead atoms. The molecule has 2 nitrogen and oxygen atoms in total. The molecule has 0 aromatic rings. The van der Waals surface area contributed by atoms with E-state index >= 15 is 0 Å². The van der Waals surface area contributed by atoms with Crippen molar-refractivity contribution in [2.24, 2.45) is 0 Å². The summed E-state index contributed by atoms with van der Waals surface area (Å²) in [5, 5.41) is 8.04. The zero-order valence-electron chi connectivity index (χ0n) is 9.60. The van der Waals surface area contributed by atoms with E-state index < -0.39 is 0 Å². The molecule has 0 aromatic carbocycles. The van der Waals surface area contributed by atoms with Crippen molar-refractivity contribution in [3.05, 3.63) is 0 Å². The standard InChI is InChI=1S/C12H25N2/c1-2-3-9-13-10-5-4-7-12-8-6-11-14-12/h12-13H,2-11H2,1H3. The molecule has 1 fully saturated rings. The van der Waals surface area contributed by atoms with Crippen LogP contribution in [0.25, 0.3) is 0 Å². The molecule has 1 saturated heterocycles. The Bertz CT molecular complexity index is 119. The van der Waals surface area contributed by atoms with Crippen molar-refractivity contribution in [2.45, 2.75) is 57.9 Å². The molecule has 1 aliphatic rings. The SMILES string of the molecule is CCCCNCCCCC1CCC[N]1. The van der Waals surface area contributed by atoms with E-state index in [1.807, 2.05) is 0 Å². The summed E-state index contributed by atoms with van der Waals surface area (Å²) < 4.78 is 0. The van der Waals surface area contributed by atoms with Gasteiger partial charge < -0.3 is 5.32 Å². The van der Waals surface area contributed by atoms with Crippen molar-refractivity contribution < 1.29 is 0 Å². The molecule has 0 aromatic heterocycles. The second-order valence-corrected chi connectivity index (χ2v) is 4.30. The Morgan fingerprint density at radius 3 is 2.79 bits per heavy atom. The van der Waals surface area contributed by atoms with Gasteiger partial charge in [0.25, 0.3) is 0 Å². The molecule has 2 heteroatoms. The summed E-state index contributed by atoms with van der Waals surface area (Å²) in [6, 6.07) is 0.714. The third kappa shape index (κ3) is 5.61. The smallest absolute Gasteiger partial charge is 0.0246 e. The largest absolute Gasteiger partial charge is 0.317 e. The second-order valence-electron chi connectivity index (χ2n) is 4.30. The van der Waals surface area contributed by atoms with Crippen LogP contribution < -0.4 is 10.6 Å². The van der Waals surface area contributed by atoms with E-state index in [0.717, 1.165) is 6.54 Å². The molecule has 1 rings (SSSR count). The van der Waals surface area contributed by atoms with E-state index in [-0.39, 0.29) is 0 Å². The Kier molecular flexibility index (Phi) is 7.06. The number of rotatable bonds is 8. The highest BCUT2D eigenvalue weighted by Gasteiger charge is 2.14. The van der Waals surface area contributed by atoms with Gasteiger partial charge in [0.05, 0.1) is 0 Å². The lowest BCUT2D eigenvalue weighted by atomic mass is 10.1. The molecule has 0 amide bonds. The van der Waals surface area contributed by atoms with Crippen molar-refractivity contribution in [3.63, 3.8) is 0 Å². The Hall–Kier alpha value is -0.0800. The van der Waals surface area contributed by atoms with Gasteiger partial charge in [-0.3, -0.25) is 0 Å². The lowest BCUT2D eigenvalue weighted by molar-refractivity contribution is 0.503. The van der Waals surface area contributed by atoms with Crippen molar-refractivity contribution in [2.75, 3.05) is 19.6 Å². The van der Waals surface area contributed by atoms with Gasteiger partial charge in [-0.2, -0.15) is 0 Å². The predicted molar refractivity (Wildman–Crippen MR) is 61.7 cm³/mol. The van der Waals surface area contributed by atoms with Crippen LogP contribution >= 0.6 is 0 Å². The van der Waals surface area contributed by atoms with Crippen molar-refractivity contribution in [1.29, 1.82) is 0 Å². The summed E-state index contributed by atoms with van der Waals surface area (Å²) >= 11 is 0. The van der Waals surface area contributed by atoms with Crippen LogP contribution in [0.5, 0.6) is 0 Å². The summed E-state index contributed by atoms with van der Waals surface area (Å²) in [6.07, 6.45) is 9.31. The molecule has 1 unspecified atom stereocenters. The molecular formula is C12H25N2. The number of nitrogens with zero attached hydrogens (tertiary/aromatic N) is 1. The lowest BCUT2D eigenvalue weighted by Gasteiger charge is -2.08. The molecule has 1 atom stereocenters. The van der Waals surface area contributed by atoms with Gasteiger partial charge in [0.15, 0.2) is 0 Å². The highest BCUT2D eigenvalue weighted by atomic mass is 14.9. The van der Waals surface area contributed by atoms with Crippen LogP contribution in [0.3, 0.4) is 0 Å². The third-order valence-electron chi connectivity index (χ3n) is 2.93. The van der Waals surface area contributed by atoms with Gasteiger partial charge in [-0.05, 0) is 45.2 Å². The molecule has 0 spiro atoms. The molecular weight excluding hydrogens is 172 g/mol. The van der Waals surface area contributed by atoms with Crippen molar-refractivity contribution in [1.82, 2.24) is 10.6 Å². The zero-order chi connectivity index (χ0) is 10.1. The monoisotopic (exact) mass is 197 g/mol. The molecule has 83 valence electrons. The predicted octanol–water partition coefficient (Wildman–Crippen LogP) is 2.31. The van der Waals surface area contributed by atoms with Crippen LogP contribution in [0.15, 0.2) is 0 Å². The first-order valence-electron chi connectivity index (χ1n) is 6.31. The summed E-state index contributed by atoms with van der Waals surface area (Å²) in [6.45, 7) is 5.76. The first-order chi connectivity index (χ1) is 6.93. The summed E-state index contributed by atoms with van der Waals surface area (Å²) in [5.74, 6) is 0. The molecule has 1 heterocycles. The molecule has 14 heavy (non-hydrogen) atoms. The van der Waals surface area contributed by atoms with E-state index in [1.165, 1.54) is 58.0 Å². The summed E-state index contributed by atoms with van der Waals surface area (Å²) in [7, 11) is 0. The summed E-state index contributed by atoms with van der Waals surface area (Å²) in [5.41, 5.74) is 0. The topological polar surface area (TPSA) is 26.1 Å². The lowest BCUT2D eigenvalue weighted by Crippen LogP contribution is -2.18. The van der Waals surface area contributed by atoms with Gasteiger partial charge in [-0.15, -0.1) is 0 Å². The highest BCUT2D eigenvalue weighted by molar-refractivity contribution is 4.73. The van der Waals surface area contributed by atoms with Gasteiger partial charge in [0.1, 0.15) is 0 Å². The molecule has 0 aliphatic carbocycles. The Balaban J connectivity index is 1.75. The fourth-order valence-electron chi connectivity index (χ4n) is 1.98. The first-order valence-corrected chi connectivity index (χ1v) is 6.31. The minimum Gasteiger partial charge on any atom is -0.317 e. The van der Waals surface area contributed by atoms with Crippen LogP contribution in [-0.4, -0.2) is 25.7 Å². The van der Waals surface area contributed by atoms with E-state index in [0.29, 0.717) is 6.04 Å². The van der Waals surface area contributed by atoms with Gasteiger partial charge in [-0.25, -0.2) is 5.32 Å². The molecule has 1 radical (unpaired) electrons. The van der Waals surface area contributed by atoms with E-state index in [4.69, 9.17) is 0 Å². The fraction of sp³-hybridized carbons (Fsp3) is 1.00. The second kappa shape index (κ2) is 8.25. The van der Waals surface area contributed by atoms with Crippen molar-refractivity contribution in [3.8, 4) is 0 Å². The maximum atomic E-state index is 4.56. The van der Waals surface area contributed by atoms with E-state index in [9.17, 15) is 0 Å². The minimum atomic E-state index is 0.714. The maximum absolute atomic E-state index is 4.56. The third-order valence-corrected chi connectivity index (χ3v) is 2.93. The molecule has 0 saturated carbocycles. The zero-order valence-corrected chi connectivity index (χ0v) is 9.60.